The molecule has 2 aliphatic carbocycles. The number of esters is 5. The van der Waals surface area contributed by atoms with Crippen molar-refractivity contribution in [1.29, 1.82) is 0 Å². The van der Waals surface area contributed by atoms with Crippen LogP contribution < -0.4 is 0 Å². The van der Waals surface area contributed by atoms with Crippen LogP contribution in [0.15, 0.2) is 30.3 Å². The Bertz CT molecular complexity index is 1210. The Morgan fingerprint density at radius 3 is 1.95 bits per heavy atom. The zero-order chi connectivity index (χ0) is 30.3. The molecule has 11 nitrogen and oxygen atoms in total. The molecule has 0 radical (unpaired) electrons. The topological polar surface area (TPSA) is 141 Å². The van der Waals surface area contributed by atoms with Crippen molar-refractivity contribution in [2.24, 2.45) is 17.3 Å². The summed E-state index contributed by atoms with van der Waals surface area (Å²) in [6.45, 7) is 9.97. The highest BCUT2D eigenvalue weighted by Gasteiger charge is 2.84. The van der Waals surface area contributed by atoms with E-state index in [1.165, 1.54) is 27.7 Å². The minimum Gasteiger partial charge on any atom is -0.465 e. The second kappa shape index (κ2) is 11.1. The maximum absolute atomic E-state index is 13.5. The highest BCUT2D eigenvalue weighted by Crippen LogP contribution is 2.68. The third kappa shape index (κ3) is 5.09. The van der Waals surface area contributed by atoms with E-state index in [1.54, 1.807) is 44.2 Å². The van der Waals surface area contributed by atoms with Crippen molar-refractivity contribution in [1.82, 2.24) is 0 Å². The molecule has 1 aliphatic heterocycles. The first kappa shape index (κ1) is 30.5. The molecule has 2 saturated carbocycles. The summed E-state index contributed by atoms with van der Waals surface area (Å²) in [5.41, 5.74) is -3.95. The van der Waals surface area contributed by atoms with Gasteiger partial charge in [0.2, 0.25) is 0 Å². The molecule has 4 rings (SSSR count). The van der Waals surface area contributed by atoms with Crippen LogP contribution in [0.3, 0.4) is 0 Å². The van der Waals surface area contributed by atoms with Gasteiger partial charge in [0.15, 0.2) is 6.10 Å². The van der Waals surface area contributed by atoms with Crippen molar-refractivity contribution in [2.45, 2.75) is 96.9 Å². The molecule has 11 heteroatoms. The lowest BCUT2D eigenvalue weighted by molar-refractivity contribution is -0.315. The molecule has 0 N–H and O–H groups in total. The molecule has 2 bridgehead atoms. The van der Waals surface area contributed by atoms with Gasteiger partial charge in [-0.15, -0.1) is 0 Å². The van der Waals surface area contributed by atoms with E-state index < -0.39 is 83.4 Å². The van der Waals surface area contributed by atoms with Gasteiger partial charge < -0.3 is 28.4 Å². The van der Waals surface area contributed by atoms with Crippen molar-refractivity contribution in [2.75, 3.05) is 6.61 Å². The lowest BCUT2D eigenvalue weighted by atomic mass is 9.47. The molecule has 0 aromatic heterocycles. The molecule has 224 valence electrons. The monoisotopic (exact) mass is 574 g/mol. The fourth-order valence-corrected chi connectivity index (χ4v) is 7.44. The largest absolute Gasteiger partial charge is 0.465 e. The van der Waals surface area contributed by atoms with Gasteiger partial charge in [0.25, 0.3) is 0 Å². The van der Waals surface area contributed by atoms with E-state index in [9.17, 15) is 24.0 Å². The van der Waals surface area contributed by atoms with Crippen LogP contribution in [0.5, 0.6) is 0 Å². The number of rotatable bonds is 7. The van der Waals surface area contributed by atoms with Crippen LogP contribution in [0.1, 0.15) is 71.7 Å². The van der Waals surface area contributed by atoms with E-state index >= 15 is 0 Å². The maximum atomic E-state index is 13.5. The number of carbonyl (C=O) groups is 5. The first-order valence-electron chi connectivity index (χ1n) is 13.8. The van der Waals surface area contributed by atoms with Crippen LogP contribution in [-0.2, 0) is 47.6 Å². The van der Waals surface area contributed by atoms with Crippen LogP contribution in [-0.4, -0.2) is 72.1 Å². The van der Waals surface area contributed by atoms with Crippen molar-refractivity contribution in [3.05, 3.63) is 35.9 Å². The quantitative estimate of drug-likeness (QED) is 0.350. The van der Waals surface area contributed by atoms with E-state index in [1.807, 2.05) is 6.92 Å². The van der Waals surface area contributed by atoms with Gasteiger partial charge in [-0.25, -0.2) is 4.79 Å². The summed E-state index contributed by atoms with van der Waals surface area (Å²) in [6, 6.07) is 8.26. The zero-order valence-corrected chi connectivity index (χ0v) is 24.5. The first-order chi connectivity index (χ1) is 19.2. The summed E-state index contributed by atoms with van der Waals surface area (Å²) >= 11 is 0. The number of benzene rings is 1. The summed E-state index contributed by atoms with van der Waals surface area (Å²) in [6.07, 6.45) is -3.84. The number of ether oxygens (including phenoxy) is 6. The molecule has 1 heterocycles. The van der Waals surface area contributed by atoms with Crippen molar-refractivity contribution in [3.63, 3.8) is 0 Å². The summed E-state index contributed by atoms with van der Waals surface area (Å²) in [7, 11) is 0. The normalized spacial score (nSPS) is 34.9. The Balaban J connectivity index is 2.04. The summed E-state index contributed by atoms with van der Waals surface area (Å²) < 4.78 is 36.6. The van der Waals surface area contributed by atoms with Gasteiger partial charge in [0, 0.05) is 27.7 Å². The SMILES string of the molecule is CC(=O)OC[C@@]12[C@@H](OC(C)=O)CC[C@@H](C)[C@]13OC(C)(C)[C@H]([C@@H](OC(=O)c1ccccc1)[C@@H]2OC(C)=O)[C@H]3OC(C)=O. The van der Waals surface area contributed by atoms with Gasteiger partial charge in [0.1, 0.15) is 35.9 Å². The standard InChI is InChI=1S/C30H38O11/c1-16-13-14-22(37-18(3)32)29(15-36-17(2)31)26(39-20(5)34)24(40-27(35)21-11-9-8-10-12-21)23-25(38-19(4)33)30(16,29)41-28(23,6)7/h8-12,16,22-26H,13-15H2,1-7H3/t16-,22+,23-,24-,25-,26+,29+,30-/m1/s1. The van der Waals surface area contributed by atoms with E-state index in [0.29, 0.717) is 12.8 Å². The number of carbonyl (C=O) groups excluding carboxylic acids is 5. The fourth-order valence-electron chi connectivity index (χ4n) is 7.44. The summed E-state index contributed by atoms with van der Waals surface area (Å²) in [5.74, 6) is -4.45. The van der Waals surface area contributed by atoms with Crippen LogP contribution in [0.4, 0.5) is 0 Å². The van der Waals surface area contributed by atoms with Gasteiger partial charge in [0.05, 0.1) is 17.1 Å². The lowest BCUT2D eigenvalue weighted by Crippen LogP contribution is -2.79. The predicted molar refractivity (Wildman–Crippen MR) is 141 cm³/mol. The number of hydrogen-bond donors (Lipinski definition) is 0. The van der Waals surface area contributed by atoms with Crippen molar-refractivity contribution < 1.29 is 52.4 Å². The van der Waals surface area contributed by atoms with Crippen LogP contribution in [0, 0.1) is 17.3 Å². The summed E-state index contributed by atoms with van der Waals surface area (Å²) in [4.78, 5) is 63.6. The molecule has 8 atom stereocenters. The molecule has 1 aromatic carbocycles. The van der Waals surface area contributed by atoms with Gasteiger partial charge in [-0.3, -0.25) is 19.2 Å². The minimum absolute atomic E-state index is 0.245. The van der Waals surface area contributed by atoms with Crippen molar-refractivity contribution >= 4 is 29.8 Å². The Hall–Kier alpha value is -3.47. The smallest absolute Gasteiger partial charge is 0.338 e. The molecule has 3 fully saturated rings. The molecule has 1 aromatic rings. The molecule has 41 heavy (non-hydrogen) atoms. The second-order valence-electron chi connectivity index (χ2n) is 11.7. The lowest BCUT2D eigenvalue weighted by Gasteiger charge is -2.63. The van der Waals surface area contributed by atoms with E-state index in [-0.39, 0.29) is 11.5 Å². The molecule has 0 unspecified atom stereocenters. The van der Waals surface area contributed by atoms with Crippen LogP contribution in [0.25, 0.3) is 0 Å². The Kier molecular flexibility index (Phi) is 8.23. The van der Waals surface area contributed by atoms with E-state index in [4.69, 9.17) is 28.4 Å². The zero-order valence-electron chi connectivity index (χ0n) is 24.5. The van der Waals surface area contributed by atoms with E-state index in [0.717, 1.165) is 0 Å². The molecular weight excluding hydrogens is 536 g/mol. The highest BCUT2D eigenvalue weighted by atomic mass is 16.6. The molecule has 0 amide bonds. The Labute approximate surface area is 239 Å². The number of hydrogen-bond acceptors (Lipinski definition) is 11. The highest BCUT2D eigenvalue weighted by molar-refractivity contribution is 5.89. The fraction of sp³-hybridized carbons (Fsp3) is 0.633. The minimum atomic E-state index is -1.63. The molecular formula is C30H38O11. The predicted octanol–water partition coefficient (Wildman–Crippen LogP) is 3.16. The Morgan fingerprint density at radius 1 is 0.805 bits per heavy atom. The van der Waals surface area contributed by atoms with Gasteiger partial charge in [-0.1, -0.05) is 25.1 Å². The summed E-state index contributed by atoms with van der Waals surface area (Å²) in [5, 5.41) is 0. The third-order valence-corrected chi connectivity index (χ3v) is 8.70. The molecule has 3 aliphatic rings. The Morgan fingerprint density at radius 2 is 1.39 bits per heavy atom. The van der Waals surface area contributed by atoms with Gasteiger partial charge in [-0.2, -0.15) is 0 Å². The average molecular weight is 575 g/mol. The second-order valence-corrected chi connectivity index (χ2v) is 11.7. The maximum Gasteiger partial charge on any atom is 0.338 e. The van der Waals surface area contributed by atoms with Gasteiger partial charge in [-0.05, 0) is 44.7 Å². The van der Waals surface area contributed by atoms with Crippen LogP contribution >= 0.6 is 0 Å². The molecule has 1 spiro atoms. The average Bonchev–Trinajstić information content (AvgIpc) is 3.06. The van der Waals surface area contributed by atoms with Crippen molar-refractivity contribution in [3.8, 4) is 0 Å². The van der Waals surface area contributed by atoms with Gasteiger partial charge >= 0.3 is 29.8 Å². The first-order valence-corrected chi connectivity index (χ1v) is 13.8. The van der Waals surface area contributed by atoms with Crippen LogP contribution in [0.2, 0.25) is 0 Å². The number of fused-ring (bicyclic) bond motifs is 1. The molecule has 1 saturated heterocycles. The third-order valence-electron chi connectivity index (χ3n) is 8.70. The van der Waals surface area contributed by atoms with E-state index in [2.05, 4.69) is 0 Å².